The van der Waals surface area contributed by atoms with Crippen LogP contribution < -0.4 is 14.8 Å². The molecule has 0 unspecified atom stereocenters. The molecule has 2 amide bonds. The number of hydrogen-bond acceptors (Lipinski definition) is 5. The van der Waals surface area contributed by atoms with Crippen LogP contribution in [0.15, 0.2) is 47.6 Å². The van der Waals surface area contributed by atoms with E-state index in [0.29, 0.717) is 35.8 Å². The van der Waals surface area contributed by atoms with Crippen LogP contribution in [0.5, 0.6) is 11.5 Å². The van der Waals surface area contributed by atoms with Gasteiger partial charge in [0.25, 0.3) is 0 Å². The number of hydrogen-bond donors (Lipinski definition) is 1. The maximum atomic E-state index is 12.4. The second-order valence-corrected chi connectivity index (χ2v) is 6.95. The molecular formula is C22H22F3N3O4. The van der Waals surface area contributed by atoms with Crippen molar-refractivity contribution in [1.82, 2.24) is 5.01 Å². The van der Waals surface area contributed by atoms with E-state index in [1.54, 1.807) is 18.5 Å². The lowest BCUT2D eigenvalue weighted by molar-refractivity contribution is -0.167. The first-order chi connectivity index (χ1) is 15.2. The second kappa shape index (κ2) is 9.71. The number of ether oxygens (including phenoxy) is 2. The molecule has 32 heavy (non-hydrogen) atoms. The van der Waals surface area contributed by atoms with E-state index in [4.69, 9.17) is 9.47 Å². The molecule has 1 heterocycles. The zero-order valence-electron chi connectivity index (χ0n) is 17.5. The van der Waals surface area contributed by atoms with Crippen molar-refractivity contribution < 1.29 is 32.2 Å². The molecule has 0 fully saturated rings. The van der Waals surface area contributed by atoms with Gasteiger partial charge in [-0.15, -0.1) is 0 Å². The largest absolute Gasteiger partial charge is 0.493 e. The average Bonchev–Trinajstić information content (AvgIpc) is 2.76. The van der Waals surface area contributed by atoms with Gasteiger partial charge in [-0.3, -0.25) is 9.59 Å². The Labute approximate surface area is 182 Å². The molecule has 0 saturated carbocycles. The van der Waals surface area contributed by atoms with Gasteiger partial charge < -0.3 is 14.8 Å². The van der Waals surface area contributed by atoms with Gasteiger partial charge in [0.2, 0.25) is 5.91 Å². The lowest BCUT2D eigenvalue weighted by Gasteiger charge is -2.24. The number of nitrogens with zero attached hydrogens (tertiary/aromatic N) is 2. The molecule has 0 spiro atoms. The van der Waals surface area contributed by atoms with Crippen molar-refractivity contribution in [1.29, 1.82) is 0 Å². The van der Waals surface area contributed by atoms with Gasteiger partial charge in [0.15, 0.2) is 11.5 Å². The summed E-state index contributed by atoms with van der Waals surface area (Å²) in [5, 5.41) is 7.58. The number of methoxy groups -OCH3 is 1. The number of benzene rings is 2. The van der Waals surface area contributed by atoms with Crippen molar-refractivity contribution in [3.8, 4) is 11.5 Å². The SMILES string of the molecule is CCOc1cc(C2=NN(Cc3ccc(NC(=O)C(F)(F)F)cc3)C(=O)CC2)ccc1OC. The first-order valence-corrected chi connectivity index (χ1v) is 9.87. The lowest BCUT2D eigenvalue weighted by Crippen LogP contribution is -2.31. The van der Waals surface area contributed by atoms with Crippen LogP contribution in [-0.4, -0.2) is 42.4 Å². The number of amides is 2. The van der Waals surface area contributed by atoms with Gasteiger partial charge in [-0.05, 0) is 42.8 Å². The third kappa shape index (κ3) is 5.57. The molecule has 1 N–H and O–H groups in total. The zero-order chi connectivity index (χ0) is 23.3. The van der Waals surface area contributed by atoms with Gasteiger partial charge in [0.05, 0.1) is 26.0 Å². The van der Waals surface area contributed by atoms with Crippen LogP contribution in [0.1, 0.15) is 30.9 Å². The minimum absolute atomic E-state index is 0.00641. The van der Waals surface area contributed by atoms with E-state index < -0.39 is 12.1 Å². The van der Waals surface area contributed by atoms with Gasteiger partial charge in [-0.25, -0.2) is 5.01 Å². The molecular weight excluding hydrogens is 427 g/mol. The monoisotopic (exact) mass is 449 g/mol. The second-order valence-electron chi connectivity index (χ2n) is 6.95. The van der Waals surface area contributed by atoms with Crippen LogP contribution in [0.3, 0.4) is 0 Å². The Kier molecular flexibility index (Phi) is 7.01. The summed E-state index contributed by atoms with van der Waals surface area (Å²) in [7, 11) is 1.55. The Morgan fingerprint density at radius 2 is 1.84 bits per heavy atom. The molecule has 0 radical (unpaired) electrons. The minimum Gasteiger partial charge on any atom is -0.493 e. The molecule has 0 aromatic heterocycles. The van der Waals surface area contributed by atoms with E-state index in [2.05, 4.69) is 5.10 Å². The van der Waals surface area contributed by atoms with Gasteiger partial charge in [0.1, 0.15) is 0 Å². The molecule has 0 bridgehead atoms. The van der Waals surface area contributed by atoms with Crippen LogP contribution in [0.2, 0.25) is 0 Å². The standard InChI is InChI=1S/C22H22F3N3O4/c1-3-32-19-12-15(6-10-18(19)31-2)17-9-11-20(29)28(27-17)13-14-4-7-16(8-5-14)26-21(30)22(23,24)25/h4-8,10,12H,3,9,11,13H2,1-2H3,(H,26,30). The molecule has 2 aromatic carbocycles. The molecule has 0 saturated heterocycles. The molecule has 2 aromatic rings. The number of alkyl halides is 3. The van der Waals surface area contributed by atoms with Crippen molar-refractivity contribution in [2.24, 2.45) is 5.10 Å². The highest BCUT2D eigenvalue weighted by molar-refractivity contribution is 6.04. The number of carbonyl (C=O) groups excluding carboxylic acids is 2. The highest BCUT2D eigenvalue weighted by atomic mass is 19.4. The maximum absolute atomic E-state index is 12.4. The van der Waals surface area contributed by atoms with Crippen molar-refractivity contribution in [3.05, 3.63) is 53.6 Å². The minimum atomic E-state index is -4.96. The number of halogens is 3. The summed E-state index contributed by atoms with van der Waals surface area (Å²) in [6.45, 7) is 2.48. The molecule has 7 nitrogen and oxygen atoms in total. The van der Waals surface area contributed by atoms with E-state index in [1.807, 2.05) is 19.1 Å². The normalized spacial score (nSPS) is 14.1. The van der Waals surface area contributed by atoms with Crippen LogP contribution in [0.25, 0.3) is 0 Å². The van der Waals surface area contributed by atoms with Crippen LogP contribution in [0.4, 0.5) is 18.9 Å². The molecule has 1 aliphatic rings. The highest BCUT2D eigenvalue weighted by Crippen LogP contribution is 2.30. The third-order valence-electron chi connectivity index (χ3n) is 4.70. The van der Waals surface area contributed by atoms with E-state index in [9.17, 15) is 22.8 Å². The van der Waals surface area contributed by atoms with Gasteiger partial charge in [-0.2, -0.15) is 18.3 Å². The van der Waals surface area contributed by atoms with Crippen LogP contribution in [-0.2, 0) is 16.1 Å². The summed E-state index contributed by atoms with van der Waals surface area (Å²) in [4.78, 5) is 23.4. The summed E-state index contributed by atoms with van der Waals surface area (Å²) in [5.41, 5.74) is 2.17. The number of anilines is 1. The molecule has 3 rings (SSSR count). The van der Waals surface area contributed by atoms with Crippen LogP contribution >= 0.6 is 0 Å². The number of carbonyl (C=O) groups is 2. The topological polar surface area (TPSA) is 80.2 Å². The van der Waals surface area contributed by atoms with E-state index in [0.717, 1.165) is 5.56 Å². The number of hydrazone groups is 1. The summed E-state index contributed by atoms with van der Waals surface area (Å²) < 4.78 is 48.0. The third-order valence-corrected chi connectivity index (χ3v) is 4.70. The molecule has 10 heteroatoms. The van der Waals surface area contributed by atoms with Crippen LogP contribution in [0, 0.1) is 0 Å². The quantitative estimate of drug-likeness (QED) is 0.690. The van der Waals surface area contributed by atoms with Gasteiger partial charge in [-0.1, -0.05) is 12.1 Å². The van der Waals surface area contributed by atoms with Gasteiger partial charge >= 0.3 is 12.1 Å². The Balaban J connectivity index is 1.75. The number of rotatable bonds is 7. The fourth-order valence-corrected chi connectivity index (χ4v) is 3.12. The Hall–Kier alpha value is -3.56. The Morgan fingerprint density at radius 1 is 1.12 bits per heavy atom. The van der Waals surface area contributed by atoms with E-state index >= 15 is 0 Å². The Morgan fingerprint density at radius 3 is 2.47 bits per heavy atom. The fourth-order valence-electron chi connectivity index (χ4n) is 3.12. The maximum Gasteiger partial charge on any atom is 0.471 e. The summed E-state index contributed by atoms with van der Waals surface area (Å²) >= 11 is 0. The summed E-state index contributed by atoms with van der Waals surface area (Å²) in [5.74, 6) is -1.04. The Bertz CT molecular complexity index is 1020. The smallest absolute Gasteiger partial charge is 0.471 e. The summed E-state index contributed by atoms with van der Waals surface area (Å²) in [6.07, 6.45) is -4.22. The highest BCUT2D eigenvalue weighted by Gasteiger charge is 2.38. The van der Waals surface area contributed by atoms with E-state index in [-0.39, 0.29) is 24.6 Å². The molecule has 170 valence electrons. The first-order valence-electron chi connectivity index (χ1n) is 9.87. The van der Waals surface area contributed by atoms with Gasteiger partial charge in [0, 0.05) is 24.1 Å². The van der Waals surface area contributed by atoms with Crippen molar-refractivity contribution in [2.45, 2.75) is 32.5 Å². The van der Waals surface area contributed by atoms with Crippen molar-refractivity contribution in [2.75, 3.05) is 19.0 Å². The molecule has 0 aliphatic carbocycles. The number of nitrogens with one attached hydrogen (secondary N) is 1. The van der Waals surface area contributed by atoms with E-state index in [1.165, 1.54) is 29.3 Å². The fraction of sp³-hybridized carbons (Fsp3) is 0.318. The zero-order valence-corrected chi connectivity index (χ0v) is 17.5. The summed E-state index contributed by atoms with van der Waals surface area (Å²) in [6, 6.07) is 11.2. The lowest BCUT2D eigenvalue weighted by atomic mass is 10.0. The predicted molar refractivity (Wildman–Crippen MR) is 112 cm³/mol. The molecule has 1 aliphatic heterocycles. The first kappa shape index (κ1) is 23.1. The van der Waals surface area contributed by atoms with Crippen molar-refractivity contribution in [3.63, 3.8) is 0 Å². The average molecular weight is 449 g/mol. The predicted octanol–water partition coefficient (Wildman–Crippen LogP) is 4.12. The molecule has 0 atom stereocenters. The van der Waals surface area contributed by atoms with Crippen molar-refractivity contribution >= 4 is 23.2 Å².